The minimum atomic E-state index is 0.0313. The number of nitrogens with zero attached hydrogens (tertiary/aromatic N) is 1. The normalized spacial score (nSPS) is 26.3. The highest BCUT2D eigenvalue weighted by Gasteiger charge is 2.35. The Hall–Kier alpha value is -0.860. The van der Waals surface area contributed by atoms with Crippen LogP contribution < -0.4 is 0 Å². The molecule has 2 nitrogen and oxygen atoms in total. The van der Waals surface area contributed by atoms with E-state index in [2.05, 4.69) is 43.1 Å². The Bertz CT molecular complexity index is 350. The van der Waals surface area contributed by atoms with Gasteiger partial charge >= 0.3 is 0 Å². The Balaban J connectivity index is 2.45. The van der Waals surface area contributed by atoms with Gasteiger partial charge in [0.15, 0.2) is 0 Å². The molecule has 82 valence electrons. The number of rotatable bonds is 2. The lowest BCUT2D eigenvalue weighted by atomic mass is 9.83. The summed E-state index contributed by atoms with van der Waals surface area (Å²) >= 11 is 0. The molecule has 2 heteroatoms. The summed E-state index contributed by atoms with van der Waals surface area (Å²) in [4.78, 5) is 2.39. The Morgan fingerprint density at radius 3 is 2.87 bits per heavy atom. The van der Waals surface area contributed by atoms with Crippen molar-refractivity contribution < 1.29 is 4.74 Å². The first-order valence-electron chi connectivity index (χ1n) is 5.47. The maximum Gasteiger partial charge on any atom is 0.0685 e. The molecule has 1 aliphatic rings. The van der Waals surface area contributed by atoms with Crippen molar-refractivity contribution in [3.8, 4) is 0 Å². The van der Waals surface area contributed by atoms with Crippen molar-refractivity contribution in [2.75, 3.05) is 27.3 Å². The van der Waals surface area contributed by atoms with Crippen LogP contribution in [0.2, 0.25) is 0 Å². The van der Waals surface area contributed by atoms with E-state index >= 15 is 0 Å². The monoisotopic (exact) mass is 205 g/mol. The molecule has 2 rings (SSSR count). The van der Waals surface area contributed by atoms with E-state index in [1.54, 1.807) is 7.11 Å². The Morgan fingerprint density at radius 2 is 2.13 bits per heavy atom. The van der Waals surface area contributed by atoms with E-state index in [0.717, 1.165) is 19.6 Å². The Labute approximate surface area is 91.9 Å². The summed E-state index contributed by atoms with van der Waals surface area (Å²) < 4.78 is 5.37. The van der Waals surface area contributed by atoms with Crippen molar-refractivity contribution >= 4 is 0 Å². The zero-order chi connectivity index (χ0) is 10.9. The topological polar surface area (TPSA) is 12.5 Å². The van der Waals surface area contributed by atoms with E-state index < -0.39 is 0 Å². The van der Waals surface area contributed by atoms with Gasteiger partial charge in [-0.3, -0.25) is 4.90 Å². The number of ether oxygens (including phenoxy) is 1. The van der Waals surface area contributed by atoms with Crippen LogP contribution in [0.1, 0.15) is 18.1 Å². The highest BCUT2D eigenvalue weighted by atomic mass is 16.5. The fourth-order valence-corrected chi connectivity index (χ4v) is 2.47. The number of benzene rings is 1. The fourth-order valence-electron chi connectivity index (χ4n) is 2.47. The van der Waals surface area contributed by atoms with E-state index in [1.165, 1.54) is 11.1 Å². The van der Waals surface area contributed by atoms with E-state index in [9.17, 15) is 0 Å². The summed E-state index contributed by atoms with van der Waals surface area (Å²) in [6.07, 6.45) is 1.14. The number of hydrogen-bond acceptors (Lipinski definition) is 2. The zero-order valence-electron chi connectivity index (χ0n) is 9.79. The van der Waals surface area contributed by atoms with Crippen molar-refractivity contribution in [1.82, 2.24) is 4.90 Å². The van der Waals surface area contributed by atoms with Crippen LogP contribution >= 0.6 is 0 Å². The van der Waals surface area contributed by atoms with Gasteiger partial charge in [-0.2, -0.15) is 0 Å². The van der Waals surface area contributed by atoms with Gasteiger partial charge in [0.25, 0.3) is 0 Å². The summed E-state index contributed by atoms with van der Waals surface area (Å²) in [7, 11) is 3.95. The second kappa shape index (κ2) is 3.95. The summed E-state index contributed by atoms with van der Waals surface area (Å²) in [5.41, 5.74) is 2.92. The third-order valence-corrected chi connectivity index (χ3v) is 3.58. The summed E-state index contributed by atoms with van der Waals surface area (Å²) in [5, 5.41) is 0. The molecule has 0 N–H and O–H groups in total. The first-order chi connectivity index (χ1) is 7.18. The van der Waals surface area contributed by atoms with Gasteiger partial charge in [-0.15, -0.1) is 0 Å². The van der Waals surface area contributed by atoms with Crippen LogP contribution in [-0.2, 0) is 16.7 Å². The van der Waals surface area contributed by atoms with Crippen molar-refractivity contribution in [2.45, 2.75) is 18.9 Å². The molecule has 1 heterocycles. The van der Waals surface area contributed by atoms with Gasteiger partial charge in [0.1, 0.15) is 0 Å². The molecule has 1 aliphatic heterocycles. The first kappa shape index (κ1) is 10.7. The van der Waals surface area contributed by atoms with E-state index in [0.29, 0.717) is 0 Å². The average Bonchev–Trinajstić information content (AvgIpc) is 2.25. The molecule has 1 aromatic rings. The lowest BCUT2D eigenvalue weighted by Crippen LogP contribution is -2.49. The van der Waals surface area contributed by atoms with E-state index in [1.807, 2.05) is 0 Å². The number of hydrogen-bond donors (Lipinski definition) is 0. The van der Waals surface area contributed by atoms with Crippen LogP contribution in [0.3, 0.4) is 0 Å². The molecule has 1 atom stereocenters. The second-order valence-corrected chi connectivity index (χ2v) is 4.54. The number of likely N-dealkylation sites (N-methyl/N-ethyl adjacent to an activating group) is 1. The van der Waals surface area contributed by atoms with Crippen LogP contribution in [-0.4, -0.2) is 32.2 Å². The van der Waals surface area contributed by atoms with Gasteiger partial charge < -0.3 is 4.74 Å². The minimum absolute atomic E-state index is 0.0313. The minimum Gasteiger partial charge on any atom is -0.382 e. The number of fused-ring (bicyclic) bond motifs is 1. The standard InChI is InChI=1S/C13H19NO/c1-13(10-15-3)12-7-5-4-6-11(12)8-9-14(13)2/h4-7H,8-10H2,1-3H3. The predicted octanol–water partition coefficient (Wildman–Crippen LogP) is 2.04. The molecule has 0 aromatic heterocycles. The van der Waals surface area contributed by atoms with E-state index in [-0.39, 0.29) is 5.54 Å². The zero-order valence-corrected chi connectivity index (χ0v) is 9.79. The lowest BCUT2D eigenvalue weighted by molar-refractivity contribution is 0.0283. The van der Waals surface area contributed by atoms with Gasteiger partial charge in [-0.1, -0.05) is 24.3 Å². The maximum atomic E-state index is 5.37. The SMILES string of the molecule is COCC1(C)c2ccccc2CCN1C. The smallest absolute Gasteiger partial charge is 0.0685 e. The second-order valence-electron chi connectivity index (χ2n) is 4.54. The van der Waals surface area contributed by atoms with Crippen molar-refractivity contribution in [1.29, 1.82) is 0 Å². The third kappa shape index (κ3) is 1.68. The van der Waals surface area contributed by atoms with Crippen molar-refractivity contribution in [3.05, 3.63) is 35.4 Å². The molecule has 1 aromatic carbocycles. The van der Waals surface area contributed by atoms with Gasteiger partial charge in [-0.05, 0) is 31.5 Å². The van der Waals surface area contributed by atoms with Crippen LogP contribution in [0.4, 0.5) is 0 Å². The molecule has 0 radical (unpaired) electrons. The third-order valence-electron chi connectivity index (χ3n) is 3.58. The van der Waals surface area contributed by atoms with Gasteiger partial charge in [0, 0.05) is 13.7 Å². The molecule has 0 spiro atoms. The first-order valence-corrected chi connectivity index (χ1v) is 5.47. The summed E-state index contributed by atoms with van der Waals surface area (Å²) in [6, 6.07) is 8.70. The van der Waals surface area contributed by atoms with Gasteiger partial charge in [0.05, 0.1) is 12.1 Å². The molecule has 15 heavy (non-hydrogen) atoms. The van der Waals surface area contributed by atoms with Crippen molar-refractivity contribution in [2.24, 2.45) is 0 Å². The van der Waals surface area contributed by atoms with Crippen LogP contribution in [0.5, 0.6) is 0 Å². The van der Waals surface area contributed by atoms with Crippen LogP contribution in [0, 0.1) is 0 Å². The van der Waals surface area contributed by atoms with Gasteiger partial charge in [-0.25, -0.2) is 0 Å². The molecule has 0 amide bonds. The van der Waals surface area contributed by atoms with Crippen molar-refractivity contribution in [3.63, 3.8) is 0 Å². The molecule has 0 bridgehead atoms. The van der Waals surface area contributed by atoms with E-state index in [4.69, 9.17) is 4.74 Å². The predicted molar refractivity (Wildman–Crippen MR) is 62.0 cm³/mol. The molecular formula is C13H19NO. The maximum absolute atomic E-state index is 5.37. The Morgan fingerprint density at radius 1 is 1.40 bits per heavy atom. The lowest BCUT2D eigenvalue weighted by Gasteiger charge is -2.43. The molecule has 0 fully saturated rings. The largest absolute Gasteiger partial charge is 0.382 e. The molecule has 0 aliphatic carbocycles. The fraction of sp³-hybridized carbons (Fsp3) is 0.538. The summed E-state index contributed by atoms with van der Waals surface area (Å²) in [5.74, 6) is 0. The highest BCUT2D eigenvalue weighted by molar-refractivity contribution is 5.36. The van der Waals surface area contributed by atoms with Crippen LogP contribution in [0.25, 0.3) is 0 Å². The summed E-state index contributed by atoms with van der Waals surface area (Å²) in [6.45, 7) is 4.12. The molecule has 0 saturated carbocycles. The average molecular weight is 205 g/mol. The van der Waals surface area contributed by atoms with Crippen LogP contribution in [0.15, 0.2) is 24.3 Å². The number of methoxy groups -OCH3 is 1. The van der Waals surface area contributed by atoms with Gasteiger partial charge in [0.2, 0.25) is 0 Å². The Kier molecular flexibility index (Phi) is 2.81. The molecule has 0 saturated heterocycles. The quantitative estimate of drug-likeness (QED) is 0.732. The molecular weight excluding hydrogens is 186 g/mol. The molecule has 1 unspecified atom stereocenters. The highest BCUT2D eigenvalue weighted by Crippen LogP contribution is 2.34.